The van der Waals surface area contributed by atoms with Crippen molar-refractivity contribution in [3.63, 3.8) is 0 Å². The lowest BCUT2D eigenvalue weighted by atomic mass is 10.0. The number of benzene rings is 1. The number of hydrogen-bond acceptors (Lipinski definition) is 1. The van der Waals surface area contributed by atoms with Gasteiger partial charge in [-0.1, -0.05) is 43.9 Å². The molecule has 3 heteroatoms. The van der Waals surface area contributed by atoms with Crippen molar-refractivity contribution < 1.29 is 4.79 Å². The Labute approximate surface area is 110 Å². The summed E-state index contributed by atoms with van der Waals surface area (Å²) in [6, 6.07) is 5.47. The first kappa shape index (κ1) is 13.7. The minimum Gasteiger partial charge on any atom is -0.294 e. The van der Waals surface area contributed by atoms with Gasteiger partial charge < -0.3 is 0 Å². The van der Waals surface area contributed by atoms with Gasteiger partial charge in [-0.2, -0.15) is 0 Å². The predicted molar refractivity (Wildman–Crippen MR) is 72.2 cm³/mol. The summed E-state index contributed by atoms with van der Waals surface area (Å²) in [7, 11) is 0. The first-order valence-electron chi connectivity index (χ1n) is 5.64. The molecule has 0 fully saturated rings. The van der Waals surface area contributed by atoms with Gasteiger partial charge in [0, 0.05) is 16.5 Å². The van der Waals surface area contributed by atoms with Crippen molar-refractivity contribution in [2.24, 2.45) is 0 Å². The van der Waals surface area contributed by atoms with Crippen LogP contribution in [0.15, 0.2) is 22.7 Å². The Hall–Kier alpha value is -0.340. The summed E-state index contributed by atoms with van der Waals surface area (Å²) in [5.41, 5.74) is 0.632. The summed E-state index contributed by atoms with van der Waals surface area (Å²) >= 11 is 9.38. The van der Waals surface area contributed by atoms with Crippen LogP contribution in [0.4, 0.5) is 0 Å². The summed E-state index contributed by atoms with van der Waals surface area (Å²) in [5.74, 6) is 0.141. The monoisotopic (exact) mass is 302 g/mol. The SMILES string of the molecule is CCCCCCC(=O)c1cccc(Br)c1Cl. The molecule has 0 unspecified atom stereocenters. The molecule has 16 heavy (non-hydrogen) atoms. The largest absolute Gasteiger partial charge is 0.294 e. The highest BCUT2D eigenvalue weighted by Crippen LogP contribution is 2.27. The zero-order valence-electron chi connectivity index (χ0n) is 9.43. The molecule has 0 bridgehead atoms. The van der Waals surface area contributed by atoms with E-state index in [-0.39, 0.29) is 5.78 Å². The Morgan fingerprint density at radius 3 is 2.75 bits per heavy atom. The fourth-order valence-corrected chi connectivity index (χ4v) is 2.16. The predicted octanol–water partition coefficient (Wildman–Crippen LogP) is 5.26. The molecule has 0 heterocycles. The molecule has 0 aliphatic carbocycles. The third-order valence-electron chi connectivity index (χ3n) is 2.51. The van der Waals surface area contributed by atoms with E-state index in [0.717, 1.165) is 17.3 Å². The van der Waals surface area contributed by atoms with Crippen LogP contribution >= 0.6 is 27.5 Å². The van der Waals surface area contributed by atoms with Crippen LogP contribution in [0.25, 0.3) is 0 Å². The van der Waals surface area contributed by atoms with Gasteiger partial charge in [-0.15, -0.1) is 0 Å². The minimum atomic E-state index is 0.141. The van der Waals surface area contributed by atoms with Crippen LogP contribution in [0.1, 0.15) is 49.4 Å². The van der Waals surface area contributed by atoms with Crippen molar-refractivity contribution in [1.82, 2.24) is 0 Å². The van der Waals surface area contributed by atoms with Crippen molar-refractivity contribution in [2.75, 3.05) is 0 Å². The molecule has 0 N–H and O–H groups in total. The third-order valence-corrected chi connectivity index (χ3v) is 3.81. The van der Waals surface area contributed by atoms with Crippen molar-refractivity contribution in [3.8, 4) is 0 Å². The van der Waals surface area contributed by atoms with Crippen LogP contribution < -0.4 is 0 Å². The van der Waals surface area contributed by atoms with E-state index in [1.165, 1.54) is 12.8 Å². The topological polar surface area (TPSA) is 17.1 Å². The van der Waals surface area contributed by atoms with E-state index >= 15 is 0 Å². The van der Waals surface area contributed by atoms with Crippen molar-refractivity contribution >= 4 is 33.3 Å². The van der Waals surface area contributed by atoms with Gasteiger partial charge in [0.1, 0.15) is 0 Å². The molecule has 0 spiro atoms. The van der Waals surface area contributed by atoms with Crippen LogP contribution in [0.3, 0.4) is 0 Å². The van der Waals surface area contributed by atoms with Gasteiger partial charge in [-0.05, 0) is 34.5 Å². The first-order chi connectivity index (χ1) is 7.66. The Kier molecular flexibility index (Phi) is 6.07. The van der Waals surface area contributed by atoms with Crippen molar-refractivity contribution in [1.29, 1.82) is 0 Å². The van der Waals surface area contributed by atoms with Gasteiger partial charge in [0.2, 0.25) is 0 Å². The molecule has 88 valence electrons. The quantitative estimate of drug-likeness (QED) is 0.518. The molecule has 0 aliphatic heterocycles. The highest BCUT2D eigenvalue weighted by atomic mass is 79.9. The number of carbonyl (C=O) groups excluding carboxylic acids is 1. The summed E-state index contributed by atoms with van der Waals surface area (Å²) in [6.07, 6.45) is 5.05. The number of ketones is 1. The lowest BCUT2D eigenvalue weighted by molar-refractivity contribution is 0.0979. The number of Topliss-reactive ketones (excluding diaryl/α,β-unsaturated/α-hetero) is 1. The van der Waals surface area contributed by atoms with E-state index in [1.54, 1.807) is 6.07 Å². The Morgan fingerprint density at radius 2 is 2.06 bits per heavy atom. The van der Waals surface area contributed by atoms with Crippen LogP contribution in [0.2, 0.25) is 5.02 Å². The standard InChI is InChI=1S/C13H16BrClO/c1-2-3-4-5-9-12(16)10-7-6-8-11(14)13(10)15/h6-8H,2-5,9H2,1H3. The van der Waals surface area contributed by atoms with Gasteiger partial charge in [0.15, 0.2) is 5.78 Å². The van der Waals surface area contributed by atoms with Crippen LogP contribution in [-0.2, 0) is 0 Å². The molecule has 0 radical (unpaired) electrons. The molecular formula is C13H16BrClO. The third kappa shape index (κ3) is 3.91. The minimum absolute atomic E-state index is 0.141. The number of unbranched alkanes of at least 4 members (excludes halogenated alkanes) is 3. The maximum atomic E-state index is 11.9. The van der Waals surface area contributed by atoms with E-state index in [0.29, 0.717) is 17.0 Å². The van der Waals surface area contributed by atoms with Crippen LogP contribution in [0, 0.1) is 0 Å². The van der Waals surface area contributed by atoms with Crippen LogP contribution in [0.5, 0.6) is 0 Å². The lowest BCUT2D eigenvalue weighted by Crippen LogP contribution is -2.00. The zero-order valence-corrected chi connectivity index (χ0v) is 11.8. The number of halogens is 2. The molecule has 0 atom stereocenters. The molecule has 0 aliphatic rings. The maximum absolute atomic E-state index is 11.9. The number of rotatable bonds is 6. The smallest absolute Gasteiger partial charge is 0.164 e. The Bertz CT molecular complexity index is 363. The molecule has 1 aromatic carbocycles. The van der Waals surface area contributed by atoms with E-state index in [9.17, 15) is 4.79 Å². The molecule has 0 saturated carbocycles. The zero-order chi connectivity index (χ0) is 12.0. The fourth-order valence-electron chi connectivity index (χ4n) is 1.57. The van der Waals surface area contributed by atoms with E-state index in [4.69, 9.17) is 11.6 Å². The second-order valence-electron chi connectivity index (χ2n) is 3.84. The summed E-state index contributed by atoms with van der Waals surface area (Å²) in [5, 5.41) is 0.531. The average molecular weight is 304 g/mol. The Morgan fingerprint density at radius 1 is 1.31 bits per heavy atom. The van der Waals surface area contributed by atoms with Gasteiger partial charge in [-0.25, -0.2) is 0 Å². The lowest BCUT2D eigenvalue weighted by Gasteiger charge is -2.04. The molecule has 0 aromatic heterocycles. The maximum Gasteiger partial charge on any atom is 0.164 e. The van der Waals surface area contributed by atoms with E-state index in [1.807, 2.05) is 12.1 Å². The molecule has 1 aromatic rings. The van der Waals surface area contributed by atoms with Gasteiger partial charge in [-0.3, -0.25) is 4.79 Å². The normalized spacial score (nSPS) is 10.4. The van der Waals surface area contributed by atoms with E-state index in [2.05, 4.69) is 22.9 Å². The molecule has 1 rings (SSSR count). The van der Waals surface area contributed by atoms with Gasteiger partial charge >= 0.3 is 0 Å². The summed E-state index contributed by atoms with van der Waals surface area (Å²) < 4.78 is 0.786. The van der Waals surface area contributed by atoms with Crippen LogP contribution in [-0.4, -0.2) is 5.78 Å². The highest BCUT2D eigenvalue weighted by Gasteiger charge is 2.11. The Balaban J connectivity index is 2.56. The first-order valence-corrected chi connectivity index (χ1v) is 6.81. The van der Waals surface area contributed by atoms with E-state index < -0.39 is 0 Å². The average Bonchev–Trinajstić information content (AvgIpc) is 2.28. The molecule has 0 amide bonds. The molecule has 0 saturated heterocycles. The second-order valence-corrected chi connectivity index (χ2v) is 5.07. The second kappa shape index (κ2) is 7.08. The summed E-state index contributed by atoms with van der Waals surface area (Å²) in [6.45, 7) is 2.16. The van der Waals surface area contributed by atoms with Gasteiger partial charge in [0.05, 0.1) is 5.02 Å². The van der Waals surface area contributed by atoms with Crippen molar-refractivity contribution in [3.05, 3.63) is 33.3 Å². The number of carbonyl (C=O) groups is 1. The van der Waals surface area contributed by atoms with Crippen molar-refractivity contribution in [2.45, 2.75) is 39.0 Å². The highest BCUT2D eigenvalue weighted by molar-refractivity contribution is 9.10. The van der Waals surface area contributed by atoms with Gasteiger partial charge in [0.25, 0.3) is 0 Å². The summed E-state index contributed by atoms with van der Waals surface area (Å²) in [4.78, 5) is 11.9. The molecular weight excluding hydrogens is 287 g/mol. The molecule has 1 nitrogen and oxygen atoms in total. The fraction of sp³-hybridized carbons (Fsp3) is 0.462. The number of hydrogen-bond donors (Lipinski definition) is 0.